The van der Waals surface area contributed by atoms with Crippen LogP contribution in [0.15, 0.2) is 24.3 Å². The van der Waals surface area contributed by atoms with Crippen LogP contribution >= 0.6 is 0 Å². The van der Waals surface area contributed by atoms with Crippen LogP contribution in [0.2, 0.25) is 0 Å². The van der Waals surface area contributed by atoms with Gasteiger partial charge in [-0.15, -0.1) is 0 Å². The monoisotopic (exact) mass is 285 g/mol. The largest absolute Gasteiger partial charge is 0.416 e. The molecule has 0 aliphatic heterocycles. The van der Waals surface area contributed by atoms with E-state index in [1.807, 2.05) is 0 Å². The van der Waals surface area contributed by atoms with Crippen molar-refractivity contribution in [2.75, 3.05) is 0 Å². The van der Waals surface area contributed by atoms with Crippen LogP contribution in [0.3, 0.4) is 0 Å². The minimum absolute atomic E-state index is 0.241. The molecule has 0 bridgehead atoms. The molecule has 1 nitrogen and oxygen atoms in total. The van der Waals surface area contributed by atoms with Gasteiger partial charge in [0.05, 0.1) is 5.56 Å². The van der Waals surface area contributed by atoms with Crippen LogP contribution in [0.1, 0.15) is 31.0 Å². The molecule has 1 unspecified atom stereocenters. The molecule has 0 aromatic heterocycles. The average molecular weight is 285 g/mol. The summed E-state index contributed by atoms with van der Waals surface area (Å²) in [6.45, 7) is 3.06. The third-order valence-electron chi connectivity index (χ3n) is 2.40. The van der Waals surface area contributed by atoms with Gasteiger partial charge in [-0.25, -0.2) is 0 Å². The van der Waals surface area contributed by atoms with Gasteiger partial charge in [0.2, 0.25) is 0 Å². The van der Waals surface area contributed by atoms with Crippen molar-refractivity contribution < 1.29 is 26.3 Å². The van der Waals surface area contributed by atoms with Gasteiger partial charge in [0.1, 0.15) is 6.04 Å². The molecule has 0 saturated heterocycles. The molecule has 1 atom stereocenters. The SMILES string of the molecule is CC(C)NC(c1ccc(C(F)(F)F)cc1)C(F)(F)F. The summed E-state index contributed by atoms with van der Waals surface area (Å²) in [7, 11) is 0. The zero-order valence-electron chi connectivity index (χ0n) is 10.2. The first-order chi connectivity index (χ1) is 8.51. The van der Waals surface area contributed by atoms with E-state index in [4.69, 9.17) is 0 Å². The Balaban J connectivity index is 3.05. The molecule has 108 valence electrons. The molecular weight excluding hydrogens is 272 g/mol. The van der Waals surface area contributed by atoms with Gasteiger partial charge in [-0.2, -0.15) is 26.3 Å². The van der Waals surface area contributed by atoms with Gasteiger partial charge in [0.15, 0.2) is 0 Å². The number of alkyl halides is 6. The Hall–Kier alpha value is -1.24. The highest BCUT2D eigenvalue weighted by atomic mass is 19.4. The van der Waals surface area contributed by atoms with Gasteiger partial charge in [-0.3, -0.25) is 0 Å². The van der Waals surface area contributed by atoms with Crippen LogP contribution in [-0.2, 0) is 6.18 Å². The molecule has 19 heavy (non-hydrogen) atoms. The standard InChI is InChI=1S/C12H13F6N/c1-7(2)19-10(12(16,17)18)8-3-5-9(6-4-8)11(13,14)15/h3-7,10,19H,1-2H3. The van der Waals surface area contributed by atoms with Crippen LogP contribution in [0, 0.1) is 0 Å². The highest BCUT2D eigenvalue weighted by molar-refractivity contribution is 5.27. The predicted molar refractivity (Wildman–Crippen MR) is 58.5 cm³/mol. The van der Waals surface area contributed by atoms with Gasteiger partial charge in [-0.1, -0.05) is 26.0 Å². The van der Waals surface area contributed by atoms with Crippen molar-refractivity contribution in [2.45, 2.75) is 38.3 Å². The molecule has 0 spiro atoms. The molecule has 1 N–H and O–H groups in total. The lowest BCUT2D eigenvalue weighted by atomic mass is 10.0. The van der Waals surface area contributed by atoms with E-state index < -0.39 is 30.0 Å². The molecule has 1 aromatic rings. The number of nitrogens with one attached hydrogen (secondary N) is 1. The second kappa shape index (κ2) is 5.40. The molecular formula is C12H13F6N. The maximum atomic E-state index is 12.8. The van der Waals surface area contributed by atoms with Crippen molar-refractivity contribution in [3.8, 4) is 0 Å². The van der Waals surface area contributed by atoms with Crippen LogP contribution in [0.4, 0.5) is 26.3 Å². The second-order valence-electron chi connectivity index (χ2n) is 4.42. The summed E-state index contributed by atoms with van der Waals surface area (Å²) in [5.74, 6) is 0. The fourth-order valence-corrected chi connectivity index (χ4v) is 1.58. The molecule has 0 amide bonds. The number of hydrogen-bond acceptors (Lipinski definition) is 1. The lowest BCUT2D eigenvalue weighted by Crippen LogP contribution is -2.38. The minimum Gasteiger partial charge on any atom is -0.300 e. The van der Waals surface area contributed by atoms with Crippen molar-refractivity contribution in [3.63, 3.8) is 0 Å². The fraction of sp³-hybridized carbons (Fsp3) is 0.500. The number of benzene rings is 1. The topological polar surface area (TPSA) is 12.0 Å². The maximum absolute atomic E-state index is 12.8. The first kappa shape index (κ1) is 15.8. The summed E-state index contributed by atoms with van der Waals surface area (Å²) in [5, 5.41) is 2.29. The number of halogens is 6. The van der Waals surface area contributed by atoms with Crippen molar-refractivity contribution >= 4 is 0 Å². The summed E-state index contributed by atoms with van der Waals surface area (Å²) in [6, 6.07) is 0.558. The Morgan fingerprint density at radius 1 is 0.895 bits per heavy atom. The van der Waals surface area contributed by atoms with E-state index in [-0.39, 0.29) is 5.56 Å². The van der Waals surface area contributed by atoms with Gasteiger partial charge in [0, 0.05) is 6.04 Å². The zero-order chi connectivity index (χ0) is 14.8. The van der Waals surface area contributed by atoms with E-state index in [2.05, 4.69) is 5.32 Å². The van der Waals surface area contributed by atoms with Gasteiger partial charge >= 0.3 is 12.4 Å². The highest BCUT2D eigenvalue weighted by Gasteiger charge is 2.41. The maximum Gasteiger partial charge on any atom is 0.416 e. The normalized spacial score (nSPS) is 14.8. The van der Waals surface area contributed by atoms with E-state index in [1.54, 1.807) is 0 Å². The summed E-state index contributed by atoms with van der Waals surface area (Å²) >= 11 is 0. The number of rotatable bonds is 3. The van der Waals surface area contributed by atoms with Crippen molar-refractivity contribution in [1.29, 1.82) is 0 Å². The molecule has 0 radical (unpaired) electrons. The van der Waals surface area contributed by atoms with Crippen molar-refractivity contribution in [1.82, 2.24) is 5.32 Å². The highest BCUT2D eigenvalue weighted by Crippen LogP contribution is 2.35. The fourth-order valence-electron chi connectivity index (χ4n) is 1.58. The molecule has 0 saturated carbocycles. The molecule has 0 heterocycles. The van der Waals surface area contributed by atoms with Gasteiger partial charge < -0.3 is 5.32 Å². The minimum atomic E-state index is -4.57. The predicted octanol–water partition coefficient (Wildman–Crippen LogP) is 4.31. The Labute approximate surface area is 106 Å². The Morgan fingerprint density at radius 2 is 1.37 bits per heavy atom. The quantitative estimate of drug-likeness (QED) is 0.816. The van der Waals surface area contributed by atoms with Gasteiger partial charge in [-0.05, 0) is 17.7 Å². The van der Waals surface area contributed by atoms with Crippen LogP contribution in [0.25, 0.3) is 0 Å². The third-order valence-corrected chi connectivity index (χ3v) is 2.40. The van der Waals surface area contributed by atoms with E-state index in [0.717, 1.165) is 12.1 Å². The van der Waals surface area contributed by atoms with Crippen molar-refractivity contribution in [3.05, 3.63) is 35.4 Å². The van der Waals surface area contributed by atoms with E-state index >= 15 is 0 Å². The van der Waals surface area contributed by atoms with Crippen LogP contribution in [-0.4, -0.2) is 12.2 Å². The molecule has 1 aromatic carbocycles. The lowest BCUT2D eigenvalue weighted by molar-refractivity contribution is -0.159. The summed E-state index contributed by atoms with van der Waals surface area (Å²) < 4.78 is 75.4. The average Bonchev–Trinajstić information content (AvgIpc) is 2.23. The zero-order valence-corrected chi connectivity index (χ0v) is 10.2. The first-order valence-corrected chi connectivity index (χ1v) is 5.51. The lowest BCUT2D eigenvalue weighted by Gasteiger charge is -2.24. The van der Waals surface area contributed by atoms with E-state index in [0.29, 0.717) is 12.1 Å². The van der Waals surface area contributed by atoms with Crippen molar-refractivity contribution in [2.24, 2.45) is 0 Å². The molecule has 7 heteroatoms. The molecule has 0 aliphatic carbocycles. The van der Waals surface area contributed by atoms with E-state index in [9.17, 15) is 26.3 Å². The molecule has 0 aliphatic rings. The van der Waals surface area contributed by atoms with Gasteiger partial charge in [0.25, 0.3) is 0 Å². The summed E-state index contributed by atoms with van der Waals surface area (Å²) in [5.41, 5.74) is -1.21. The first-order valence-electron chi connectivity index (χ1n) is 5.51. The van der Waals surface area contributed by atoms with Crippen LogP contribution < -0.4 is 5.32 Å². The smallest absolute Gasteiger partial charge is 0.300 e. The summed E-state index contributed by atoms with van der Waals surface area (Å²) in [4.78, 5) is 0. The Bertz CT molecular complexity index is 404. The molecule has 0 fully saturated rings. The Kier molecular flexibility index (Phi) is 4.50. The number of hydrogen-bond donors (Lipinski definition) is 1. The summed E-state index contributed by atoms with van der Waals surface area (Å²) in [6.07, 6.45) is -9.12. The molecule has 1 rings (SSSR count). The third kappa shape index (κ3) is 4.41. The van der Waals surface area contributed by atoms with E-state index in [1.165, 1.54) is 13.8 Å². The Morgan fingerprint density at radius 3 is 1.68 bits per heavy atom. The van der Waals surface area contributed by atoms with Crippen LogP contribution in [0.5, 0.6) is 0 Å². The second-order valence-corrected chi connectivity index (χ2v) is 4.42.